The molecule has 0 aromatic carbocycles. The van der Waals surface area contributed by atoms with Gasteiger partial charge in [0.05, 0.1) is 58.5 Å². The van der Waals surface area contributed by atoms with Crippen molar-refractivity contribution in [1.29, 1.82) is 0 Å². The van der Waals surface area contributed by atoms with Gasteiger partial charge in [-0.25, -0.2) is 0 Å². The molecule has 0 aliphatic carbocycles. The van der Waals surface area contributed by atoms with Crippen LogP contribution in [-0.2, 0) is 66.3 Å². The summed E-state index contributed by atoms with van der Waals surface area (Å²) in [5.41, 5.74) is 0. The number of rotatable bonds is 9. The molecule has 33 nitrogen and oxygen atoms in total. The molecule has 17 aliphatic heterocycles. The summed E-state index contributed by atoms with van der Waals surface area (Å²) in [6, 6.07) is 0. The number of fused-ring (bicyclic) bond motifs is 1. The first-order valence-electron chi connectivity index (χ1n) is 25.3. The molecule has 33 heteroatoms. The number of hydrogen-bond donors (Lipinski definition) is 19. The highest BCUT2D eigenvalue weighted by atomic mass is 16.8. The van der Waals surface area contributed by atoms with Crippen molar-refractivity contribution in [1.82, 2.24) is 0 Å². The predicted molar refractivity (Wildman–Crippen MR) is 237 cm³/mol. The lowest BCUT2D eigenvalue weighted by atomic mass is 9.94. The SMILES string of the molecule is CCC1O[C@H]2O[C@@H]3C(CO)O[C@H](O[C@@H]4C(CO)O[C@H](O[C@@H]5C(CO)O[C@H](O[C@@H]6C(CC)O[C@H](OCC(O)[C@H](O)[C@@H](OCCO)O[C@@H]7C(CO)O[C@@H](O[C@H]1C(O)[C@@H]2O)[C@@H](O)C7O)C(O)[C@H]6O)C(O)[C@H]5O)[C@@H](O)C4O)[C@@H](O)C3O. The second kappa shape index (κ2) is 27.8. The zero-order valence-electron chi connectivity index (χ0n) is 41.6. The van der Waals surface area contributed by atoms with Gasteiger partial charge < -0.3 is 163 Å². The van der Waals surface area contributed by atoms with Crippen molar-refractivity contribution < 1.29 is 163 Å². The second-order valence-corrected chi connectivity index (χ2v) is 19.6. The van der Waals surface area contributed by atoms with E-state index in [-0.39, 0.29) is 12.8 Å². The molecule has 0 radical (unpaired) electrons. The number of aliphatic hydroxyl groups excluding tert-OH is 19. The minimum absolute atomic E-state index is 0.00353. The molecule has 0 amide bonds. The Morgan fingerprint density at radius 3 is 0.857 bits per heavy atom. The van der Waals surface area contributed by atoms with Gasteiger partial charge in [0.25, 0.3) is 0 Å². The van der Waals surface area contributed by atoms with E-state index in [0.717, 1.165) is 0 Å². The predicted octanol–water partition coefficient (Wildman–Crippen LogP) is -12.1. The normalized spacial score (nSPS) is 52.9. The summed E-state index contributed by atoms with van der Waals surface area (Å²) < 4.78 is 80.4. The Hall–Kier alpha value is -1.32. The maximum Gasteiger partial charge on any atom is 0.187 e. The van der Waals surface area contributed by atoms with E-state index in [1.807, 2.05) is 0 Å². The highest BCUT2D eigenvalue weighted by molar-refractivity contribution is 5.00. The first kappa shape index (κ1) is 63.3. The molecule has 77 heavy (non-hydrogen) atoms. The molecule has 33 atom stereocenters. The van der Waals surface area contributed by atoms with E-state index < -0.39 is 249 Å². The molecule has 0 aromatic heterocycles. The van der Waals surface area contributed by atoms with Crippen LogP contribution in [0.2, 0.25) is 0 Å². The van der Waals surface area contributed by atoms with Crippen molar-refractivity contribution in [2.24, 2.45) is 0 Å². The van der Waals surface area contributed by atoms with Crippen molar-refractivity contribution >= 4 is 0 Å². The Kier molecular flexibility index (Phi) is 22.9. The highest BCUT2D eigenvalue weighted by Crippen LogP contribution is 2.38. The van der Waals surface area contributed by atoms with Crippen LogP contribution in [-0.4, -0.2) is 346 Å². The average molecular weight is 1130 g/mol. The Labute approximate surface area is 438 Å². The van der Waals surface area contributed by atoms with E-state index in [1.54, 1.807) is 13.8 Å². The van der Waals surface area contributed by atoms with Gasteiger partial charge in [-0.05, 0) is 12.8 Å². The Bertz CT molecular complexity index is 1670. The Morgan fingerprint density at radius 1 is 0.312 bits per heavy atom. The second-order valence-electron chi connectivity index (χ2n) is 19.6. The maximum absolute atomic E-state index is 11.4. The van der Waals surface area contributed by atoms with Crippen LogP contribution < -0.4 is 0 Å². The summed E-state index contributed by atoms with van der Waals surface area (Å²) in [5.74, 6) is 0. The molecule has 17 rings (SSSR count). The van der Waals surface area contributed by atoms with E-state index in [0.29, 0.717) is 0 Å². The Morgan fingerprint density at radius 2 is 0.571 bits per heavy atom. The molecule has 0 spiro atoms. The lowest BCUT2D eigenvalue weighted by Crippen LogP contribution is -2.68. The van der Waals surface area contributed by atoms with Gasteiger partial charge in [-0.1, -0.05) is 13.8 Å². The molecule has 19 N–H and O–H groups in total. The smallest absolute Gasteiger partial charge is 0.187 e. The highest BCUT2D eigenvalue weighted by Gasteiger charge is 2.58. The van der Waals surface area contributed by atoms with Crippen LogP contribution in [0, 0.1) is 0 Å². The third-order valence-corrected chi connectivity index (χ3v) is 14.6. The van der Waals surface area contributed by atoms with Crippen LogP contribution in [0.4, 0.5) is 0 Å². The van der Waals surface area contributed by atoms with Crippen LogP contribution in [0.15, 0.2) is 0 Å². The lowest BCUT2D eigenvalue weighted by Gasteiger charge is -2.50. The fourth-order valence-electron chi connectivity index (χ4n) is 10.2. The molecule has 13 unspecified atom stereocenters. The summed E-state index contributed by atoms with van der Waals surface area (Å²) in [7, 11) is 0. The molecule has 17 aliphatic rings. The fourth-order valence-corrected chi connectivity index (χ4v) is 10.2. The average Bonchev–Trinajstić information content (AvgIpc) is 3.43. The third kappa shape index (κ3) is 13.4. The van der Waals surface area contributed by atoms with E-state index in [2.05, 4.69) is 0 Å². The standard InChI is InChI=1S/C44H76O33/c1-3-13-32-20(52)26(58)39(66-13)65-11-12(50)19(51)38(64-6-5-45)72-34-15(7-46)68-41(28(60)22(34)54)74-33-14(4-2)67-40(27(59)21(33)53)75-35-16(8-47)70-43(30(62)24(35)56)77-37-18(10-49)71-44(31(63)25(37)57)76-36-17(9-48)69-42(73-32)29(61)23(36)55/h12-63H,3-11H2,1-2H3/t12?,13?,14?,15?,16?,17?,18?,19-,20+,21?,22?,23+,24?,25?,26?,27-,28-,29?,30-,31-,32+,33+,34+,35+,36+,37+,38-,39-,40-,41-,42+,43+,44+/m0/s1. The zero-order chi connectivity index (χ0) is 56.3. The number of aliphatic hydroxyl groups is 19. The van der Waals surface area contributed by atoms with Gasteiger partial charge in [0.1, 0.15) is 146 Å². The van der Waals surface area contributed by atoms with Crippen molar-refractivity contribution in [3.8, 4) is 0 Å². The van der Waals surface area contributed by atoms with E-state index >= 15 is 0 Å². The molecule has 17 heterocycles. The van der Waals surface area contributed by atoms with Crippen molar-refractivity contribution in [3.05, 3.63) is 0 Å². The van der Waals surface area contributed by atoms with Gasteiger partial charge in [0.2, 0.25) is 0 Å². The third-order valence-electron chi connectivity index (χ3n) is 14.6. The molecule has 17 saturated heterocycles. The fraction of sp³-hybridized carbons (Fsp3) is 1.00. The van der Waals surface area contributed by atoms with Gasteiger partial charge in [-0.2, -0.15) is 0 Å². The van der Waals surface area contributed by atoms with Crippen LogP contribution in [0.1, 0.15) is 26.7 Å². The van der Waals surface area contributed by atoms with Crippen LogP contribution in [0.5, 0.6) is 0 Å². The summed E-state index contributed by atoms with van der Waals surface area (Å²) in [6.07, 6.45) is -62.2. The van der Waals surface area contributed by atoms with Crippen molar-refractivity contribution in [2.75, 3.05) is 46.2 Å². The van der Waals surface area contributed by atoms with E-state index in [9.17, 15) is 97.0 Å². The van der Waals surface area contributed by atoms with Gasteiger partial charge in [-0.3, -0.25) is 0 Å². The monoisotopic (exact) mass is 1130 g/mol. The van der Waals surface area contributed by atoms with Crippen molar-refractivity contribution in [3.63, 3.8) is 0 Å². The maximum atomic E-state index is 11.4. The topological polar surface area (TPSA) is 514 Å². The van der Waals surface area contributed by atoms with Gasteiger partial charge in [0, 0.05) is 0 Å². The largest absolute Gasteiger partial charge is 0.394 e. The van der Waals surface area contributed by atoms with Crippen molar-refractivity contribution in [2.45, 2.75) is 229 Å². The molecule has 12 bridgehead atoms. The van der Waals surface area contributed by atoms with Gasteiger partial charge in [-0.15, -0.1) is 0 Å². The van der Waals surface area contributed by atoms with E-state index in [4.69, 9.17) is 66.3 Å². The summed E-state index contributed by atoms with van der Waals surface area (Å²) >= 11 is 0. The molecular weight excluding hydrogens is 1060 g/mol. The molecular formula is C44H76O33. The summed E-state index contributed by atoms with van der Waals surface area (Å²) in [5, 5.41) is 209. The van der Waals surface area contributed by atoms with Crippen LogP contribution in [0.3, 0.4) is 0 Å². The minimum Gasteiger partial charge on any atom is -0.394 e. The molecule has 17 fully saturated rings. The van der Waals surface area contributed by atoms with Gasteiger partial charge in [0.15, 0.2) is 44.0 Å². The first-order valence-corrected chi connectivity index (χ1v) is 25.3. The summed E-state index contributed by atoms with van der Waals surface area (Å²) in [6.45, 7) is -2.99. The number of ether oxygens (including phenoxy) is 14. The zero-order valence-corrected chi connectivity index (χ0v) is 41.6. The van der Waals surface area contributed by atoms with E-state index in [1.165, 1.54) is 0 Å². The molecule has 450 valence electrons. The van der Waals surface area contributed by atoms with Crippen LogP contribution in [0.25, 0.3) is 0 Å². The minimum atomic E-state index is -2.16. The quantitative estimate of drug-likeness (QED) is 0.102. The first-order chi connectivity index (χ1) is 36.7. The van der Waals surface area contributed by atoms with Crippen LogP contribution >= 0.6 is 0 Å². The molecule has 0 aromatic rings. The number of hydrogen-bond acceptors (Lipinski definition) is 33. The van der Waals surface area contributed by atoms with Gasteiger partial charge >= 0.3 is 0 Å². The summed E-state index contributed by atoms with van der Waals surface area (Å²) in [4.78, 5) is 0. The lowest BCUT2D eigenvalue weighted by molar-refractivity contribution is -0.396. The molecule has 0 saturated carbocycles. The Balaban J connectivity index is 1.17.